The Morgan fingerprint density at radius 1 is 1.14 bits per heavy atom. The first-order chi connectivity index (χ1) is 9.86. The maximum absolute atomic E-state index is 12.8. The fourth-order valence-corrected chi connectivity index (χ4v) is 2.99. The smallest absolute Gasteiger partial charge is 0.304 e. The van der Waals surface area contributed by atoms with Crippen LogP contribution in [-0.2, 0) is 12.6 Å². The zero-order valence-electron chi connectivity index (χ0n) is 12.1. The summed E-state index contributed by atoms with van der Waals surface area (Å²) < 4.78 is 38.6. The Morgan fingerprint density at radius 3 is 2.43 bits per heavy atom. The topological polar surface area (TPSA) is 6.48 Å². The van der Waals surface area contributed by atoms with Gasteiger partial charge >= 0.3 is 6.18 Å². The van der Waals surface area contributed by atoms with E-state index < -0.39 is 11.7 Å². The molecule has 118 valence electrons. The van der Waals surface area contributed by atoms with E-state index in [0.717, 1.165) is 44.7 Å². The van der Waals surface area contributed by atoms with E-state index in [2.05, 4.69) is 32.8 Å². The quantitative estimate of drug-likeness (QED) is 0.804. The van der Waals surface area contributed by atoms with Gasteiger partial charge in [0.2, 0.25) is 0 Å². The summed E-state index contributed by atoms with van der Waals surface area (Å²) in [5, 5.41) is 0. The molecule has 1 fully saturated rings. The fourth-order valence-electron chi connectivity index (χ4n) is 2.52. The van der Waals surface area contributed by atoms with Crippen molar-refractivity contribution in [2.45, 2.75) is 19.0 Å². The molecule has 6 heteroatoms. The van der Waals surface area contributed by atoms with Gasteiger partial charge in [0.05, 0.1) is 5.56 Å². The van der Waals surface area contributed by atoms with Crippen LogP contribution in [0, 0.1) is 0 Å². The van der Waals surface area contributed by atoms with Crippen molar-refractivity contribution in [3.8, 4) is 0 Å². The Labute approximate surface area is 132 Å². The van der Waals surface area contributed by atoms with E-state index in [4.69, 9.17) is 0 Å². The van der Waals surface area contributed by atoms with Crippen molar-refractivity contribution < 1.29 is 13.2 Å². The second-order valence-corrected chi connectivity index (χ2v) is 6.41. The zero-order valence-corrected chi connectivity index (χ0v) is 13.7. The normalized spacial score (nSPS) is 18.1. The predicted molar refractivity (Wildman–Crippen MR) is 81.4 cm³/mol. The number of hydrogen-bond acceptors (Lipinski definition) is 2. The number of likely N-dealkylation sites (N-methyl/N-ethyl adjacent to an activating group) is 1. The molecule has 1 aromatic carbocycles. The van der Waals surface area contributed by atoms with Crippen LogP contribution in [0.2, 0.25) is 0 Å². The van der Waals surface area contributed by atoms with Crippen LogP contribution < -0.4 is 0 Å². The molecule has 0 radical (unpaired) electrons. The molecule has 0 amide bonds. The van der Waals surface area contributed by atoms with Gasteiger partial charge in [0.1, 0.15) is 0 Å². The van der Waals surface area contributed by atoms with E-state index in [-0.39, 0.29) is 4.47 Å². The number of rotatable bonds is 4. The summed E-state index contributed by atoms with van der Waals surface area (Å²) in [6.07, 6.45) is -2.72. The Balaban J connectivity index is 1.86. The number of hydrogen-bond donors (Lipinski definition) is 0. The zero-order chi connectivity index (χ0) is 15.5. The van der Waals surface area contributed by atoms with E-state index >= 15 is 0 Å². The van der Waals surface area contributed by atoms with Crippen molar-refractivity contribution in [2.24, 2.45) is 0 Å². The van der Waals surface area contributed by atoms with Gasteiger partial charge in [0.25, 0.3) is 0 Å². The minimum absolute atomic E-state index is 0.109. The molecule has 0 spiro atoms. The Morgan fingerprint density at radius 2 is 1.81 bits per heavy atom. The van der Waals surface area contributed by atoms with Crippen LogP contribution in [0.1, 0.15) is 17.5 Å². The van der Waals surface area contributed by atoms with Crippen LogP contribution in [0.3, 0.4) is 0 Å². The second kappa shape index (κ2) is 7.11. The highest BCUT2D eigenvalue weighted by Crippen LogP contribution is 2.35. The van der Waals surface area contributed by atoms with Gasteiger partial charge in [-0.05, 0) is 44.1 Å². The summed E-state index contributed by atoms with van der Waals surface area (Å²) in [6, 6.07) is 4.52. The molecule has 0 unspecified atom stereocenters. The van der Waals surface area contributed by atoms with Crippen LogP contribution in [0.15, 0.2) is 22.7 Å². The summed E-state index contributed by atoms with van der Waals surface area (Å²) in [6.45, 7) is 5.17. The Kier molecular flexibility index (Phi) is 5.68. The highest BCUT2D eigenvalue weighted by Gasteiger charge is 2.33. The largest absolute Gasteiger partial charge is 0.417 e. The standard InChI is InChI=1S/C15H20BrF3N2/c1-20-7-9-21(10-8-20)6-2-3-12-4-5-14(16)13(11-12)15(17,18)19/h4-5,11H,2-3,6-10H2,1H3. The number of aryl methyl sites for hydroxylation is 1. The van der Waals surface area contributed by atoms with Crippen molar-refractivity contribution in [3.63, 3.8) is 0 Å². The van der Waals surface area contributed by atoms with Crippen molar-refractivity contribution >= 4 is 15.9 Å². The summed E-state index contributed by atoms with van der Waals surface area (Å²) in [4.78, 5) is 4.67. The predicted octanol–water partition coefficient (Wildman–Crippen LogP) is 3.65. The molecule has 1 heterocycles. The van der Waals surface area contributed by atoms with Crippen molar-refractivity contribution in [1.82, 2.24) is 9.80 Å². The van der Waals surface area contributed by atoms with Crippen molar-refractivity contribution in [3.05, 3.63) is 33.8 Å². The maximum atomic E-state index is 12.8. The molecule has 0 aliphatic carbocycles. The molecule has 1 saturated heterocycles. The average Bonchev–Trinajstić information content (AvgIpc) is 2.41. The third kappa shape index (κ3) is 4.97. The molecule has 0 saturated carbocycles. The van der Waals surface area contributed by atoms with Gasteiger partial charge in [0.15, 0.2) is 0 Å². The van der Waals surface area contributed by atoms with Crippen LogP contribution in [0.25, 0.3) is 0 Å². The maximum Gasteiger partial charge on any atom is 0.417 e. The van der Waals surface area contributed by atoms with E-state index in [1.54, 1.807) is 6.07 Å². The van der Waals surface area contributed by atoms with Crippen LogP contribution >= 0.6 is 15.9 Å². The third-order valence-corrected chi connectivity index (χ3v) is 4.56. The fraction of sp³-hybridized carbons (Fsp3) is 0.600. The molecule has 0 atom stereocenters. The van der Waals surface area contributed by atoms with E-state index in [9.17, 15) is 13.2 Å². The van der Waals surface area contributed by atoms with E-state index in [1.165, 1.54) is 12.1 Å². The molecule has 0 aromatic heterocycles. The van der Waals surface area contributed by atoms with Crippen LogP contribution in [0.4, 0.5) is 13.2 Å². The number of halogens is 4. The number of nitrogens with zero attached hydrogens (tertiary/aromatic N) is 2. The van der Waals surface area contributed by atoms with Gasteiger partial charge in [-0.3, -0.25) is 0 Å². The van der Waals surface area contributed by atoms with Crippen molar-refractivity contribution in [1.29, 1.82) is 0 Å². The SMILES string of the molecule is CN1CCN(CCCc2ccc(Br)c(C(F)(F)F)c2)CC1. The third-order valence-electron chi connectivity index (χ3n) is 3.87. The molecule has 1 aliphatic heterocycles. The molecule has 1 aromatic rings. The lowest BCUT2D eigenvalue weighted by Gasteiger charge is -2.32. The first-order valence-electron chi connectivity index (χ1n) is 7.13. The summed E-state index contributed by atoms with van der Waals surface area (Å²) in [7, 11) is 2.11. The summed E-state index contributed by atoms with van der Waals surface area (Å²) >= 11 is 2.97. The average molecular weight is 365 g/mol. The van der Waals surface area contributed by atoms with E-state index in [0.29, 0.717) is 6.42 Å². The Hall–Kier alpha value is -0.590. The monoisotopic (exact) mass is 364 g/mol. The highest BCUT2D eigenvalue weighted by molar-refractivity contribution is 9.10. The summed E-state index contributed by atoms with van der Waals surface area (Å²) in [5.41, 5.74) is 0.166. The van der Waals surface area contributed by atoms with Crippen LogP contribution in [0.5, 0.6) is 0 Å². The summed E-state index contributed by atoms with van der Waals surface area (Å²) in [5.74, 6) is 0. The first kappa shape index (κ1) is 16.8. The van der Waals surface area contributed by atoms with Gasteiger partial charge in [-0.2, -0.15) is 13.2 Å². The molecule has 2 nitrogen and oxygen atoms in total. The number of alkyl halides is 3. The number of benzene rings is 1. The lowest BCUT2D eigenvalue weighted by molar-refractivity contribution is -0.138. The van der Waals surface area contributed by atoms with Crippen LogP contribution in [-0.4, -0.2) is 49.6 Å². The van der Waals surface area contributed by atoms with Gasteiger partial charge in [-0.1, -0.05) is 22.0 Å². The molecule has 2 rings (SSSR count). The van der Waals surface area contributed by atoms with Gasteiger partial charge in [-0.15, -0.1) is 0 Å². The molecule has 1 aliphatic rings. The van der Waals surface area contributed by atoms with Crippen molar-refractivity contribution in [2.75, 3.05) is 39.8 Å². The van der Waals surface area contributed by atoms with Gasteiger partial charge in [0, 0.05) is 30.7 Å². The lowest BCUT2D eigenvalue weighted by atomic mass is 10.1. The van der Waals surface area contributed by atoms with E-state index in [1.807, 2.05) is 0 Å². The minimum atomic E-state index is -4.30. The Bertz CT molecular complexity index is 468. The molecule has 21 heavy (non-hydrogen) atoms. The second-order valence-electron chi connectivity index (χ2n) is 5.56. The minimum Gasteiger partial charge on any atom is -0.304 e. The van der Waals surface area contributed by atoms with Gasteiger partial charge in [-0.25, -0.2) is 0 Å². The van der Waals surface area contributed by atoms with Gasteiger partial charge < -0.3 is 9.80 Å². The highest BCUT2D eigenvalue weighted by atomic mass is 79.9. The number of piperazine rings is 1. The lowest BCUT2D eigenvalue weighted by Crippen LogP contribution is -2.44. The molecule has 0 bridgehead atoms. The first-order valence-corrected chi connectivity index (χ1v) is 7.92. The molecular weight excluding hydrogens is 345 g/mol. The molecule has 0 N–H and O–H groups in total. The molecular formula is C15H20BrF3N2.